The molecule has 0 spiro atoms. The van der Waals surface area contributed by atoms with E-state index in [-0.39, 0.29) is 44.6 Å². The summed E-state index contributed by atoms with van der Waals surface area (Å²) in [6, 6.07) is 44.1. The van der Waals surface area contributed by atoms with E-state index in [4.69, 9.17) is 0 Å². The van der Waals surface area contributed by atoms with Gasteiger partial charge in [-0.15, -0.1) is 0 Å². The minimum absolute atomic E-state index is 0.0207. The first-order chi connectivity index (χ1) is 30.4. The predicted octanol–water partition coefficient (Wildman–Crippen LogP) is 15.9. The van der Waals surface area contributed by atoms with Gasteiger partial charge in [0.15, 0.2) is 0 Å². The molecule has 1 aliphatic carbocycles. The highest BCUT2D eigenvalue weighted by atomic mass is 15.2. The van der Waals surface area contributed by atoms with Crippen LogP contribution in [0.5, 0.6) is 0 Å². The van der Waals surface area contributed by atoms with Crippen molar-refractivity contribution in [3.8, 4) is 11.1 Å². The third-order valence-electron chi connectivity index (χ3n) is 15.4. The van der Waals surface area contributed by atoms with Crippen LogP contribution < -0.4 is 26.2 Å². The van der Waals surface area contributed by atoms with Gasteiger partial charge in [0.2, 0.25) is 0 Å². The number of benzene rings is 6. The van der Waals surface area contributed by atoms with Crippen LogP contribution in [0.4, 0.5) is 34.1 Å². The van der Waals surface area contributed by atoms with Crippen LogP contribution >= 0.6 is 0 Å². The Morgan fingerprint density at radius 3 is 1.32 bits per heavy atom. The first-order valence-corrected chi connectivity index (χ1v) is 24.8. The molecular formula is C63H77BN2. The topological polar surface area (TPSA) is 6.48 Å². The van der Waals surface area contributed by atoms with Crippen LogP contribution in [0.15, 0.2) is 109 Å². The fraction of sp³-hybridized carbons (Fsp3) is 0.429. The Bertz CT molecular complexity index is 2890. The van der Waals surface area contributed by atoms with E-state index in [1.54, 1.807) is 0 Å². The molecule has 0 aromatic heterocycles. The number of hydrogen-bond donors (Lipinski definition) is 0. The highest BCUT2D eigenvalue weighted by Crippen LogP contribution is 2.54. The molecule has 0 N–H and O–H groups in total. The standard InChI is InChI=1S/C63H77BN2/c1-57(2,3)40-22-20-39(21-23-40)46-32-42(59(7,8)9)26-30-51(46)66-53-37-48-47(62(16,17)38-63(48,18)19)36-50(53)64-49-33-43(60(10,11)12)27-31-52(49)65(45-28-24-41(25-29-45)58(4,5)6)54-34-44(61(13,14)15)35-55(66)56(54)64/h20-37H,38H2,1-19H3. The molecule has 0 radical (unpaired) electrons. The maximum atomic E-state index is 2.71. The molecule has 3 heteroatoms. The van der Waals surface area contributed by atoms with Crippen molar-refractivity contribution in [1.29, 1.82) is 0 Å². The summed E-state index contributed by atoms with van der Waals surface area (Å²) in [4.78, 5) is 5.32. The second-order valence-electron chi connectivity index (χ2n) is 26.8. The molecular weight excluding hydrogens is 796 g/mol. The Morgan fingerprint density at radius 2 is 0.803 bits per heavy atom. The SMILES string of the molecule is CC(C)(C)c1ccc(-c2cc(C(C)(C)C)ccc2N2c3cc4c(cc3B3c5cc(C(C)(C)C)ccc5N(c5ccc(C(C)(C)C)cc5)c5cc(C(C)(C)C)cc2c53)C(C)(C)CC4(C)C)cc1. The quantitative estimate of drug-likeness (QED) is 0.163. The summed E-state index contributed by atoms with van der Waals surface area (Å²) in [5.74, 6) is 0. The van der Waals surface area contributed by atoms with Gasteiger partial charge in [0, 0.05) is 34.0 Å². The third-order valence-corrected chi connectivity index (χ3v) is 15.4. The zero-order valence-corrected chi connectivity index (χ0v) is 44.1. The van der Waals surface area contributed by atoms with Crippen molar-refractivity contribution in [3.05, 3.63) is 148 Å². The minimum Gasteiger partial charge on any atom is -0.311 e. The van der Waals surface area contributed by atoms with Crippen molar-refractivity contribution in [2.45, 2.75) is 176 Å². The molecule has 9 rings (SSSR count). The zero-order chi connectivity index (χ0) is 48.1. The van der Waals surface area contributed by atoms with Gasteiger partial charge in [-0.25, -0.2) is 0 Å². The molecule has 0 unspecified atom stereocenters. The van der Waals surface area contributed by atoms with Crippen LogP contribution in [0.2, 0.25) is 0 Å². The minimum atomic E-state index is -0.114. The smallest absolute Gasteiger partial charge is 0.252 e. The van der Waals surface area contributed by atoms with E-state index in [9.17, 15) is 0 Å². The lowest BCUT2D eigenvalue weighted by Gasteiger charge is -2.46. The number of rotatable bonds is 3. The molecule has 0 fully saturated rings. The third kappa shape index (κ3) is 7.65. The molecule has 3 aliphatic rings. The highest BCUT2D eigenvalue weighted by molar-refractivity contribution is 7.00. The van der Waals surface area contributed by atoms with Crippen LogP contribution in [0.25, 0.3) is 11.1 Å². The van der Waals surface area contributed by atoms with E-state index < -0.39 is 0 Å². The van der Waals surface area contributed by atoms with Gasteiger partial charge in [-0.05, 0) is 154 Å². The fourth-order valence-electron chi connectivity index (χ4n) is 11.6. The van der Waals surface area contributed by atoms with Gasteiger partial charge in [0.1, 0.15) is 0 Å². The van der Waals surface area contributed by atoms with Crippen molar-refractivity contribution < 1.29 is 0 Å². The van der Waals surface area contributed by atoms with Gasteiger partial charge >= 0.3 is 0 Å². The van der Waals surface area contributed by atoms with E-state index in [2.05, 4.69) is 251 Å². The summed E-state index contributed by atoms with van der Waals surface area (Å²) >= 11 is 0. The summed E-state index contributed by atoms with van der Waals surface area (Å²) < 4.78 is 0. The number of hydrogen-bond acceptors (Lipinski definition) is 2. The average molecular weight is 873 g/mol. The van der Waals surface area contributed by atoms with E-state index in [0.29, 0.717) is 0 Å². The van der Waals surface area contributed by atoms with Crippen molar-refractivity contribution in [2.24, 2.45) is 0 Å². The summed E-state index contributed by atoms with van der Waals surface area (Å²) in [7, 11) is 0. The van der Waals surface area contributed by atoms with Gasteiger partial charge in [0.25, 0.3) is 6.71 Å². The lowest BCUT2D eigenvalue weighted by molar-refractivity contribution is 0.403. The first kappa shape index (κ1) is 46.1. The second-order valence-corrected chi connectivity index (χ2v) is 26.8. The van der Waals surface area contributed by atoms with E-state index in [0.717, 1.165) is 6.42 Å². The molecule has 2 heterocycles. The highest BCUT2D eigenvalue weighted by Gasteiger charge is 2.49. The molecule has 2 nitrogen and oxygen atoms in total. The Hall–Kier alpha value is -5.02. The molecule has 342 valence electrons. The predicted molar refractivity (Wildman–Crippen MR) is 290 cm³/mol. The van der Waals surface area contributed by atoms with Gasteiger partial charge in [-0.3, -0.25) is 0 Å². The number of nitrogens with zero attached hydrogens (tertiary/aromatic N) is 2. The van der Waals surface area contributed by atoms with Gasteiger partial charge < -0.3 is 9.80 Å². The summed E-state index contributed by atoms with van der Waals surface area (Å²) in [6.07, 6.45) is 1.12. The van der Waals surface area contributed by atoms with Crippen LogP contribution in [-0.4, -0.2) is 6.71 Å². The van der Waals surface area contributed by atoms with Gasteiger partial charge in [0.05, 0.1) is 5.69 Å². The summed E-state index contributed by atoms with van der Waals surface area (Å²) in [5.41, 5.74) is 24.0. The largest absolute Gasteiger partial charge is 0.311 e. The number of anilines is 6. The monoisotopic (exact) mass is 873 g/mol. The fourth-order valence-corrected chi connectivity index (χ4v) is 11.6. The maximum Gasteiger partial charge on any atom is 0.252 e. The lowest BCUT2D eigenvalue weighted by Crippen LogP contribution is -2.62. The summed E-state index contributed by atoms with van der Waals surface area (Å²) in [6.45, 7) is 45.1. The molecule has 0 amide bonds. The molecule has 2 aliphatic heterocycles. The first-order valence-electron chi connectivity index (χ1n) is 24.8. The Morgan fingerprint density at radius 1 is 0.379 bits per heavy atom. The van der Waals surface area contributed by atoms with Crippen LogP contribution in [0.3, 0.4) is 0 Å². The molecule has 0 saturated heterocycles. The van der Waals surface area contributed by atoms with Crippen molar-refractivity contribution in [3.63, 3.8) is 0 Å². The zero-order valence-electron chi connectivity index (χ0n) is 44.1. The molecule has 66 heavy (non-hydrogen) atoms. The normalized spacial score (nSPS) is 16.5. The summed E-state index contributed by atoms with van der Waals surface area (Å²) in [5, 5.41) is 0. The Balaban J connectivity index is 1.45. The average Bonchev–Trinajstić information content (AvgIpc) is 3.39. The van der Waals surface area contributed by atoms with Gasteiger partial charge in [-0.1, -0.05) is 192 Å². The van der Waals surface area contributed by atoms with Crippen LogP contribution in [-0.2, 0) is 37.9 Å². The van der Waals surface area contributed by atoms with Crippen LogP contribution in [0.1, 0.15) is 177 Å². The van der Waals surface area contributed by atoms with Crippen molar-refractivity contribution in [1.82, 2.24) is 0 Å². The van der Waals surface area contributed by atoms with Gasteiger partial charge in [-0.2, -0.15) is 0 Å². The van der Waals surface area contributed by atoms with Crippen molar-refractivity contribution >= 4 is 57.2 Å². The number of fused-ring (bicyclic) bond motifs is 5. The van der Waals surface area contributed by atoms with Crippen LogP contribution in [0, 0.1) is 0 Å². The Labute approximate surface area is 400 Å². The molecule has 6 aromatic carbocycles. The lowest BCUT2D eigenvalue weighted by atomic mass is 9.33. The second kappa shape index (κ2) is 14.7. The Kier molecular flexibility index (Phi) is 10.3. The van der Waals surface area contributed by atoms with E-state index in [1.165, 1.54) is 101 Å². The molecule has 6 aromatic rings. The maximum absolute atomic E-state index is 2.71. The van der Waals surface area contributed by atoms with E-state index >= 15 is 0 Å². The molecule has 0 bridgehead atoms. The molecule has 0 saturated carbocycles. The van der Waals surface area contributed by atoms with Crippen molar-refractivity contribution in [2.75, 3.05) is 9.80 Å². The van der Waals surface area contributed by atoms with E-state index in [1.807, 2.05) is 0 Å². The molecule has 0 atom stereocenters.